The Balaban J connectivity index is 2.84. The summed E-state index contributed by atoms with van der Waals surface area (Å²) in [6.07, 6.45) is 2.89. The normalized spacial score (nSPS) is 10.5. The molecule has 0 aliphatic heterocycles. The zero-order valence-corrected chi connectivity index (χ0v) is 11.4. The molecule has 1 aromatic rings. The fraction of sp³-hybridized carbons (Fsp3) is 0.267. The van der Waals surface area contributed by atoms with E-state index in [0.717, 1.165) is 5.56 Å². The van der Waals surface area contributed by atoms with Gasteiger partial charge in [-0.25, -0.2) is 0 Å². The summed E-state index contributed by atoms with van der Waals surface area (Å²) in [6, 6.07) is 8.63. The van der Waals surface area contributed by atoms with E-state index >= 15 is 0 Å². The summed E-state index contributed by atoms with van der Waals surface area (Å²) in [5.74, 6) is -1.42. The SMILES string of the molecule is CC(C)N(CC(=O)O)C(=O)/C=C/c1cccc(C#N)c1. The summed E-state index contributed by atoms with van der Waals surface area (Å²) in [4.78, 5) is 23.9. The standard InChI is InChI=1S/C15H16N2O3/c1-11(2)17(10-15(19)20)14(18)7-6-12-4-3-5-13(8-12)9-16/h3-8,11H,10H2,1-2H3,(H,19,20)/b7-6+. The third-order valence-electron chi connectivity index (χ3n) is 2.65. The van der Waals surface area contributed by atoms with Gasteiger partial charge >= 0.3 is 5.97 Å². The number of benzene rings is 1. The Morgan fingerprint density at radius 2 is 2.15 bits per heavy atom. The fourth-order valence-electron chi connectivity index (χ4n) is 1.64. The molecule has 0 saturated heterocycles. The minimum Gasteiger partial charge on any atom is -0.480 e. The molecule has 104 valence electrons. The lowest BCUT2D eigenvalue weighted by atomic mass is 10.1. The Kier molecular flexibility index (Phi) is 5.48. The van der Waals surface area contributed by atoms with Gasteiger partial charge in [0, 0.05) is 12.1 Å². The van der Waals surface area contributed by atoms with E-state index in [1.54, 1.807) is 44.2 Å². The highest BCUT2D eigenvalue weighted by Gasteiger charge is 2.17. The highest BCUT2D eigenvalue weighted by atomic mass is 16.4. The first-order chi connectivity index (χ1) is 9.43. The second kappa shape index (κ2) is 7.10. The molecule has 20 heavy (non-hydrogen) atoms. The maximum atomic E-state index is 12.0. The lowest BCUT2D eigenvalue weighted by Gasteiger charge is -2.23. The average molecular weight is 272 g/mol. The van der Waals surface area contributed by atoms with Crippen LogP contribution in [0, 0.1) is 11.3 Å². The zero-order chi connectivity index (χ0) is 15.1. The molecule has 0 atom stereocenters. The van der Waals surface area contributed by atoms with E-state index in [9.17, 15) is 9.59 Å². The van der Waals surface area contributed by atoms with Gasteiger partial charge in [0.15, 0.2) is 0 Å². The Morgan fingerprint density at radius 3 is 2.70 bits per heavy atom. The molecule has 0 radical (unpaired) electrons. The maximum Gasteiger partial charge on any atom is 0.323 e. The van der Waals surface area contributed by atoms with Crippen LogP contribution >= 0.6 is 0 Å². The van der Waals surface area contributed by atoms with E-state index in [4.69, 9.17) is 10.4 Å². The third-order valence-corrected chi connectivity index (χ3v) is 2.65. The van der Waals surface area contributed by atoms with Gasteiger partial charge in [-0.2, -0.15) is 5.26 Å². The molecular weight excluding hydrogens is 256 g/mol. The predicted octanol–water partition coefficient (Wildman–Crippen LogP) is 1.89. The van der Waals surface area contributed by atoms with Crippen LogP contribution in [0.1, 0.15) is 25.0 Å². The van der Waals surface area contributed by atoms with Crippen LogP contribution in [-0.4, -0.2) is 34.5 Å². The molecular formula is C15H16N2O3. The van der Waals surface area contributed by atoms with Gasteiger partial charge in [0.25, 0.3) is 0 Å². The van der Waals surface area contributed by atoms with Gasteiger partial charge < -0.3 is 10.0 Å². The molecule has 1 rings (SSSR count). The van der Waals surface area contributed by atoms with E-state index in [1.807, 2.05) is 6.07 Å². The summed E-state index contributed by atoms with van der Waals surface area (Å²) < 4.78 is 0. The molecule has 1 N–H and O–H groups in total. The first kappa shape index (κ1) is 15.4. The lowest BCUT2D eigenvalue weighted by molar-refractivity contribution is -0.143. The van der Waals surface area contributed by atoms with Crippen LogP contribution in [0.15, 0.2) is 30.3 Å². The van der Waals surface area contributed by atoms with Crippen LogP contribution in [-0.2, 0) is 9.59 Å². The van der Waals surface area contributed by atoms with Crippen molar-refractivity contribution in [1.29, 1.82) is 5.26 Å². The molecule has 0 spiro atoms. The summed E-state index contributed by atoms with van der Waals surface area (Å²) >= 11 is 0. The highest BCUT2D eigenvalue weighted by molar-refractivity contribution is 5.93. The van der Waals surface area contributed by atoms with Crippen molar-refractivity contribution in [1.82, 2.24) is 4.90 Å². The van der Waals surface area contributed by atoms with E-state index in [2.05, 4.69) is 0 Å². The lowest BCUT2D eigenvalue weighted by Crippen LogP contribution is -2.39. The van der Waals surface area contributed by atoms with Gasteiger partial charge in [-0.1, -0.05) is 12.1 Å². The average Bonchev–Trinajstić information content (AvgIpc) is 2.42. The number of nitriles is 1. The quantitative estimate of drug-likeness (QED) is 0.830. The van der Waals surface area contributed by atoms with Crippen LogP contribution in [0.3, 0.4) is 0 Å². The third kappa shape index (κ3) is 4.58. The van der Waals surface area contributed by atoms with E-state index in [0.29, 0.717) is 5.56 Å². The van der Waals surface area contributed by atoms with Crippen LogP contribution in [0.4, 0.5) is 0 Å². The molecule has 1 aromatic carbocycles. The molecule has 0 bridgehead atoms. The molecule has 0 unspecified atom stereocenters. The van der Waals surface area contributed by atoms with Crippen molar-refractivity contribution in [2.24, 2.45) is 0 Å². The molecule has 0 heterocycles. The van der Waals surface area contributed by atoms with Crippen LogP contribution in [0.25, 0.3) is 6.08 Å². The van der Waals surface area contributed by atoms with E-state index in [1.165, 1.54) is 11.0 Å². The largest absolute Gasteiger partial charge is 0.480 e. The maximum absolute atomic E-state index is 12.0. The van der Waals surface area contributed by atoms with Gasteiger partial charge in [-0.3, -0.25) is 9.59 Å². The molecule has 5 nitrogen and oxygen atoms in total. The van der Waals surface area contributed by atoms with Crippen molar-refractivity contribution in [3.05, 3.63) is 41.5 Å². The fourth-order valence-corrected chi connectivity index (χ4v) is 1.64. The molecule has 0 aliphatic rings. The Morgan fingerprint density at radius 1 is 1.45 bits per heavy atom. The second-order valence-corrected chi connectivity index (χ2v) is 4.52. The minimum absolute atomic E-state index is 0.200. The van der Waals surface area contributed by atoms with E-state index in [-0.39, 0.29) is 18.5 Å². The Labute approximate surface area is 117 Å². The number of hydrogen-bond donors (Lipinski definition) is 1. The first-order valence-corrected chi connectivity index (χ1v) is 6.14. The van der Waals surface area contributed by atoms with Crippen molar-refractivity contribution in [2.45, 2.75) is 19.9 Å². The van der Waals surface area contributed by atoms with Gasteiger partial charge in [-0.05, 0) is 37.6 Å². The summed E-state index contributed by atoms with van der Waals surface area (Å²) in [5, 5.41) is 17.6. The molecule has 0 saturated carbocycles. The first-order valence-electron chi connectivity index (χ1n) is 6.14. The van der Waals surface area contributed by atoms with Gasteiger partial charge in [0.05, 0.1) is 11.6 Å². The van der Waals surface area contributed by atoms with Crippen molar-refractivity contribution < 1.29 is 14.7 Å². The zero-order valence-electron chi connectivity index (χ0n) is 11.4. The van der Waals surface area contributed by atoms with Crippen LogP contribution < -0.4 is 0 Å². The Bertz CT molecular complexity index is 571. The number of amides is 1. The topological polar surface area (TPSA) is 81.4 Å². The number of rotatable bonds is 5. The van der Waals surface area contributed by atoms with Crippen molar-refractivity contribution >= 4 is 18.0 Å². The summed E-state index contributed by atoms with van der Waals surface area (Å²) in [5.41, 5.74) is 1.22. The smallest absolute Gasteiger partial charge is 0.323 e. The monoisotopic (exact) mass is 272 g/mol. The molecule has 0 fully saturated rings. The van der Waals surface area contributed by atoms with Crippen molar-refractivity contribution in [3.63, 3.8) is 0 Å². The summed E-state index contributed by atoms with van der Waals surface area (Å²) in [6.45, 7) is 3.18. The number of hydrogen-bond acceptors (Lipinski definition) is 3. The van der Waals surface area contributed by atoms with E-state index < -0.39 is 5.97 Å². The van der Waals surface area contributed by atoms with Gasteiger partial charge in [0.1, 0.15) is 6.54 Å². The second-order valence-electron chi connectivity index (χ2n) is 4.52. The number of carboxylic acid groups (broad SMARTS) is 1. The number of carbonyl (C=O) groups excluding carboxylic acids is 1. The van der Waals surface area contributed by atoms with Crippen molar-refractivity contribution in [2.75, 3.05) is 6.54 Å². The van der Waals surface area contributed by atoms with Gasteiger partial charge in [0.2, 0.25) is 5.91 Å². The Hall–Kier alpha value is -2.61. The van der Waals surface area contributed by atoms with Gasteiger partial charge in [-0.15, -0.1) is 0 Å². The predicted molar refractivity (Wildman–Crippen MR) is 74.7 cm³/mol. The molecule has 1 amide bonds. The highest BCUT2D eigenvalue weighted by Crippen LogP contribution is 2.07. The van der Waals surface area contributed by atoms with Crippen LogP contribution in [0.5, 0.6) is 0 Å². The molecule has 0 aliphatic carbocycles. The van der Waals surface area contributed by atoms with Crippen molar-refractivity contribution in [3.8, 4) is 6.07 Å². The molecule has 0 aromatic heterocycles. The summed E-state index contributed by atoms with van der Waals surface area (Å²) in [7, 11) is 0. The number of nitrogens with zero attached hydrogens (tertiary/aromatic N) is 2. The molecule has 5 heteroatoms. The minimum atomic E-state index is -1.05. The number of carbonyl (C=O) groups is 2. The number of aliphatic carboxylic acids is 1. The van der Waals surface area contributed by atoms with Crippen LogP contribution in [0.2, 0.25) is 0 Å². The number of carboxylic acids is 1.